The first-order chi connectivity index (χ1) is 18.0. The molecule has 1 N–H and O–H groups in total. The van der Waals surface area contributed by atoms with Crippen LogP contribution in [0.5, 0.6) is 0 Å². The van der Waals surface area contributed by atoms with Gasteiger partial charge in [-0.25, -0.2) is 4.79 Å². The number of carbonyl (C=O) groups is 3. The van der Waals surface area contributed by atoms with Gasteiger partial charge in [0.15, 0.2) is 0 Å². The summed E-state index contributed by atoms with van der Waals surface area (Å²) >= 11 is 6.48. The molecule has 1 saturated carbocycles. The van der Waals surface area contributed by atoms with Crippen LogP contribution in [-0.4, -0.2) is 42.4 Å². The number of hydrogen-bond donors (Lipinski definition) is 1. The highest BCUT2D eigenvalue weighted by molar-refractivity contribution is 8.18. The zero-order valence-electron chi connectivity index (χ0n) is 19.8. The summed E-state index contributed by atoms with van der Waals surface area (Å²) in [7, 11) is 0. The van der Waals surface area contributed by atoms with Crippen LogP contribution in [0.25, 0.3) is 17.0 Å². The SMILES string of the molecule is O=C1S/C(=C\c2ccc3c(cnn3Cc3ccc(Cl)cc3C(F)(F)F)c2)C(=O)N1C1(C(=O)O)CCCCC1. The minimum absolute atomic E-state index is 0.0136. The Bertz CT molecular complexity index is 1490. The highest BCUT2D eigenvalue weighted by Crippen LogP contribution is 2.43. The molecule has 2 aliphatic rings. The molecule has 12 heteroatoms. The Morgan fingerprint density at radius 3 is 2.55 bits per heavy atom. The van der Waals surface area contributed by atoms with Crippen molar-refractivity contribution in [1.82, 2.24) is 14.7 Å². The average molecular weight is 564 g/mol. The molecule has 0 radical (unpaired) electrons. The van der Waals surface area contributed by atoms with Crippen LogP contribution < -0.4 is 0 Å². The highest BCUT2D eigenvalue weighted by Gasteiger charge is 2.54. The number of amides is 2. The van der Waals surface area contributed by atoms with E-state index in [1.54, 1.807) is 18.2 Å². The van der Waals surface area contributed by atoms with Gasteiger partial charge in [0.1, 0.15) is 5.54 Å². The molecule has 1 aliphatic heterocycles. The Balaban J connectivity index is 1.42. The molecule has 2 amide bonds. The van der Waals surface area contributed by atoms with Crippen molar-refractivity contribution >= 4 is 57.5 Å². The van der Waals surface area contributed by atoms with Crippen molar-refractivity contribution in [2.45, 2.75) is 50.4 Å². The number of aliphatic carboxylic acids is 1. The summed E-state index contributed by atoms with van der Waals surface area (Å²) in [6, 6.07) is 8.63. The van der Waals surface area contributed by atoms with E-state index in [2.05, 4.69) is 5.10 Å². The first-order valence-electron chi connectivity index (χ1n) is 11.8. The zero-order chi connectivity index (χ0) is 27.2. The van der Waals surface area contributed by atoms with E-state index in [1.165, 1.54) is 29.1 Å². The number of thioether (sulfide) groups is 1. The largest absolute Gasteiger partial charge is 0.479 e. The van der Waals surface area contributed by atoms with Crippen LogP contribution >= 0.6 is 23.4 Å². The molecule has 5 rings (SSSR count). The third kappa shape index (κ3) is 4.69. The molecule has 0 spiro atoms. The van der Waals surface area contributed by atoms with Crippen molar-refractivity contribution in [3.8, 4) is 0 Å². The maximum atomic E-state index is 13.5. The van der Waals surface area contributed by atoms with Gasteiger partial charge in [-0.2, -0.15) is 18.3 Å². The van der Waals surface area contributed by atoms with Gasteiger partial charge >= 0.3 is 12.1 Å². The molecule has 2 aromatic carbocycles. The van der Waals surface area contributed by atoms with Crippen molar-refractivity contribution < 1.29 is 32.7 Å². The summed E-state index contributed by atoms with van der Waals surface area (Å²) in [5, 5.41) is 14.1. The molecule has 7 nitrogen and oxygen atoms in total. The number of hydrogen-bond acceptors (Lipinski definition) is 5. The lowest BCUT2D eigenvalue weighted by molar-refractivity contribution is -0.156. The van der Waals surface area contributed by atoms with Gasteiger partial charge in [-0.3, -0.25) is 19.2 Å². The van der Waals surface area contributed by atoms with Gasteiger partial charge in [0, 0.05) is 10.4 Å². The Hall–Kier alpha value is -3.31. The first-order valence-corrected chi connectivity index (χ1v) is 13.0. The van der Waals surface area contributed by atoms with E-state index >= 15 is 0 Å². The molecular formula is C26H21ClF3N3O4S. The lowest BCUT2D eigenvalue weighted by Crippen LogP contribution is -2.57. The smallest absolute Gasteiger partial charge is 0.416 e. The van der Waals surface area contributed by atoms with E-state index in [0.717, 1.165) is 17.4 Å². The summed E-state index contributed by atoms with van der Waals surface area (Å²) in [5.74, 6) is -1.81. The van der Waals surface area contributed by atoms with Crippen molar-refractivity contribution in [1.29, 1.82) is 0 Å². The van der Waals surface area contributed by atoms with Crippen LogP contribution in [0.15, 0.2) is 47.5 Å². The number of carboxylic acids is 1. The molecule has 3 aromatic rings. The number of carbonyl (C=O) groups excluding carboxylic acids is 2. The van der Waals surface area contributed by atoms with Crippen LogP contribution in [0.4, 0.5) is 18.0 Å². The van der Waals surface area contributed by atoms with Gasteiger partial charge in [-0.15, -0.1) is 0 Å². The predicted molar refractivity (Wildman–Crippen MR) is 137 cm³/mol. The Morgan fingerprint density at radius 2 is 1.87 bits per heavy atom. The summed E-state index contributed by atoms with van der Waals surface area (Å²) in [5.41, 5.74) is -1.21. The maximum Gasteiger partial charge on any atom is 0.416 e. The summed E-state index contributed by atoms with van der Waals surface area (Å²) in [6.45, 7) is -0.134. The lowest BCUT2D eigenvalue weighted by atomic mass is 9.80. The van der Waals surface area contributed by atoms with Gasteiger partial charge in [0.25, 0.3) is 11.1 Å². The molecule has 0 atom stereocenters. The van der Waals surface area contributed by atoms with E-state index in [1.807, 2.05) is 0 Å². The average Bonchev–Trinajstić information content (AvgIpc) is 3.39. The van der Waals surface area contributed by atoms with Gasteiger partial charge < -0.3 is 5.11 Å². The number of carboxylic acid groups (broad SMARTS) is 1. The number of nitrogens with zero attached hydrogens (tertiary/aromatic N) is 3. The molecule has 0 unspecified atom stereocenters. The third-order valence-electron chi connectivity index (χ3n) is 6.96. The second-order valence-corrected chi connectivity index (χ2v) is 10.8. The van der Waals surface area contributed by atoms with Crippen molar-refractivity contribution in [3.63, 3.8) is 0 Å². The molecule has 1 aromatic heterocycles. The molecule has 38 heavy (non-hydrogen) atoms. The number of benzene rings is 2. The normalized spacial score (nSPS) is 19.1. The predicted octanol–water partition coefficient (Wildman–Crippen LogP) is 6.58. The fraction of sp³-hybridized carbons (Fsp3) is 0.308. The van der Waals surface area contributed by atoms with Gasteiger partial charge in [0.2, 0.25) is 0 Å². The molecule has 2 heterocycles. The number of rotatable bonds is 5. The third-order valence-corrected chi connectivity index (χ3v) is 8.07. The van der Waals surface area contributed by atoms with E-state index in [4.69, 9.17) is 11.6 Å². The van der Waals surface area contributed by atoms with Crippen molar-refractivity contribution in [2.24, 2.45) is 0 Å². The minimum atomic E-state index is -4.57. The number of fused-ring (bicyclic) bond motifs is 1. The number of alkyl halides is 3. The van der Waals surface area contributed by atoms with Crippen LogP contribution in [0.3, 0.4) is 0 Å². The van der Waals surface area contributed by atoms with Crippen LogP contribution in [0.1, 0.15) is 48.8 Å². The summed E-state index contributed by atoms with van der Waals surface area (Å²) in [6.07, 6.45) is 0.984. The number of aromatic nitrogens is 2. The van der Waals surface area contributed by atoms with Crippen LogP contribution in [0, 0.1) is 0 Å². The van der Waals surface area contributed by atoms with E-state index in [9.17, 15) is 32.7 Å². The van der Waals surface area contributed by atoms with Crippen molar-refractivity contribution in [3.05, 3.63) is 69.2 Å². The molecular weight excluding hydrogens is 543 g/mol. The summed E-state index contributed by atoms with van der Waals surface area (Å²) in [4.78, 5) is 39.1. The van der Waals surface area contributed by atoms with E-state index < -0.39 is 34.4 Å². The Labute approximate surface area is 224 Å². The summed E-state index contributed by atoms with van der Waals surface area (Å²) < 4.78 is 42.0. The first kappa shape index (κ1) is 26.3. The quantitative estimate of drug-likeness (QED) is 0.352. The van der Waals surface area contributed by atoms with Gasteiger partial charge in [-0.05, 0) is 66.1 Å². The Morgan fingerprint density at radius 1 is 1.13 bits per heavy atom. The van der Waals surface area contributed by atoms with Crippen LogP contribution in [0.2, 0.25) is 5.02 Å². The second kappa shape index (κ2) is 9.77. The van der Waals surface area contributed by atoms with Crippen molar-refractivity contribution in [2.75, 3.05) is 0 Å². The molecule has 0 bridgehead atoms. The van der Waals surface area contributed by atoms with Gasteiger partial charge in [0.05, 0.1) is 28.7 Å². The molecule has 2 fully saturated rings. The highest BCUT2D eigenvalue weighted by atomic mass is 35.5. The standard InChI is InChI=1S/C26H21ClF3N3O4S/c27-18-6-5-16(19(12-18)26(28,29)30)14-32-20-7-4-15(10-17(20)13-31-32)11-21-22(34)33(24(37)38-21)25(23(35)36)8-2-1-3-9-25/h4-7,10-13H,1-3,8-9,14H2,(H,35,36)/b21-11-. The lowest BCUT2D eigenvalue weighted by Gasteiger charge is -2.38. The molecule has 1 saturated heterocycles. The fourth-order valence-corrected chi connectivity index (χ4v) is 6.17. The second-order valence-electron chi connectivity index (χ2n) is 9.33. The molecule has 1 aliphatic carbocycles. The maximum absolute atomic E-state index is 13.5. The van der Waals surface area contributed by atoms with E-state index in [-0.39, 0.29) is 34.9 Å². The van der Waals surface area contributed by atoms with E-state index in [0.29, 0.717) is 41.1 Å². The van der Waals surface area contributed by atoms with Crippen LogP contribution in [-0.2, 0) is 22.3 Å². The number of imide groups is 1. The topological polar surface area (TPSA) is 92.5 Å². The van der Waals surface area contributed by atoms with Gasteiger partial charge in [-0.1, -0.05) is 43.0 Å². The number of halogens is 4. The fourth-order valence-electron chi connectivity index (χ4n) is 5.09. The zero-order valence-corrected chi connectivity index (χ0v) is 21.4. The Kier molecular flexibility index (Phi) is 6.77. The molecule has 198 valence electrons. The minimum Gasteiger partial charge on any atom is -0.479 e. The monoisotopic (exact) mass is 563 g/mol.